The molecule has 2 amide bonds. The van der Waals surface area contributed by atoms with Gasteiger partial charge in [-0.1, -0.05) is 71.7 Å². The van der Waals surface area contributed by atoms with Gasteiger partial charge in [0.2, 0.25) is 0 Å². The molecule has 2 aliphatic heterocycles. The zero-order chi connectivity index (χ0) is 33.2. The Hall–Kier alpha value is -4.31. The second-order valence-corrected chi connectivity index (χ2v) is 13.4. The number of fused-ring (bicyclic) bond motifs is 1. The van der Waals surface area contributed by atoms with E-state index in [9.17, 15) is 9.59 Å². The summed E-state index contributed by atoms with van der Waals surface area (Å²) >= 11 is 12.7. The molecule has 7 rings (SSSR count). The van der Waals surface area contributed by atoms with Gasteiger partial charge in [0, 0.05) is 70.8 Å². The number of hydrogen-bond acceptors (Lipinski definition) is 5. The monoisotopic (exact) mass is 684 g/mol. The summed E-state index contributed by atoms with van der Waals surface area (Å²) in [6.45, 7) is 6.32. The van der Waals surface area contributed by atoms with Gasteiger partial charge < -0.3 is 29.4 Å². The summed E-state index contributed by atoms with van der Waals surface area (Å²) in [4.78, 5) is 38.9. The van der Waals surface area contributed by atoms with Crippen molar-refractivity contribution in [1.82, 2.24) is 29.7 Å². The lowest BCUT2D eigenvalue weighted by Crippen LogP contribution is -2.50. The van der Waals surface area contributed by atoms with E-state index in [1.807, 2.05) is 84.0 Å². The summed E-state index contributed by atoms with van der Waals surface area (Å²) in [5.74, 6) is -0.200. The van der Waals surface area contributed by atoms with Crippen LogP contribution in [-0.4, -0.2) is 81.7 Å². The van der Waals surface area contributed by atoms with Gasteiger partial charge in [-0.3, -0.25) is 4.79 Å². The summed E-state index contributed by atoms with van der Waals surface area (Å²) < 4.78 is 7.38. The molecule has 2 aromatic heterocycles. The molecular formula is C37H38Cl2N6O3. The number of H-pyrrole nitrogens is 1. The molecule has 0 bridgehead atoms. The van der Waals surface area contributed by atoms with Crippen molar-refractivity contribution in [2.45, 2.75) is 38.3 Å². The summed E-state index contributed by atoms with van der Waals surface area (Å²) in [7, 11) is 0. The number of imidazole rings is 1. The van der Waals surface area contributed by atoms with Crippen molar-refractivity contribution in [1.29, 1.82) is 0 Å². The molecule has 0 saturated carbocycles. The van der Waals surface area contributed by atoms with Crippen LogP contribution in [0.15, 0.2) is 79.1 Å². The fourth-order valence-electron chi connectivity index (χ4n) is 6.97. The van der Waals surface area contributed by atoms with Crippen molar-refractivity contribution < 1.29 is 14.3 Å². The lowest BCUT2D eigenvalue weighted by Gasteiger charge is -2.39. The van der Waals surface area contributed by atoms with E-state index in [0.29, 0.717) is 35.4 Å². The maximum Gasteiger partial charge on any atom is 0.410 e. The van der Waals surface area contributed by atoms with Crippen LogP contribution in [0.1, 0.15) is 48.3 Å². The fraction of sp³-hybridized carbons (Fsp3) is 0.324. The van der Waals surface area contributed by atoms with E-state index in [0.717, 1.165) is 77.9 Å². The molecule has 0 spiro atoms. The summed E-state index contributed by atoms with van der Waals surface area (Å²) in [5, 5.41) is 5.31. The number of benzene rings is 3. The molecule has 0 radical (unpaired) electrons. The van der Waals surface area contributed by atoms with Crippen LogP contribution in [0, 0.1) is 0 Å². The normalized spacial score (nSPS) is 16.6. The van der Waals surface area contributed by atoms with E-state index >= 15 is 0 Å². The Morgan fingerprint density at radius 3 is 2.52 bits per heavy atom. The molecule has 2 fully saturated rings. The minimum absolute atomic E-state index is 0.106. The van der Waals surface area contributed by atoms with Crippen LogP contribution in [0.3, 0.4) is 0 Å². The van der Waals surface area contributed by atoms with E-state index in [4.69, 9.17) is 32.9 Å². The van der Waals surface area contributed by atoms with E-state index in [1.165, 1.54) is 0 Å². The van der Waals surface area contributed by atoms with Gasteiger partial charge in [-0.2, -0.15) is 0 Å². The predicted molar refractivity (Wildman–Crippen MR) is 190 cm³/mol. The Kier molecular flexibility index (Phi) is 9.43. The second kappa shape index (κ2) is 14.0. The smallest absolute Gasteiger partial charge is 0.410 e. The molecule has 248 valence electrons. The van der Waals surface area contributed by atoms with Crippen molar-refractivity contribution in [2.75, 3.05) is 39.3 Å². The first-order valence-corrected chi connectivity index (χ1v) is 17.3. The number of aromatic amines is 1. The molecule has 11 heteroatoms. The Labute approximate surface area is 289 Å². The van der Waals surface area contributed by atoms with Gasteiger partial charge in [0.05, 0.1) is 30.4 Å². The molecule has 1 atom stereocenters. The number of ether oxygens (including phenoxy) is 1. The first-order chi connectivity index (χ1) is 23.4. The third-order valence-electron chi connectivity index (χ3n) is 9.55. The highest BCUT2D eigenvalue weighted by Crippen LogP contribution is 2.41. The van der Waals surface area contributed by atoms with Gasteiger partial charge in [-0.15, -0.1) is 0 Å². The summed E-state index contributed by atoms with van der Waals surface area (Å²) in [6.07, 6.45) is 4.33. The fourth-order valence-corrected chi connectivity index (χ4v) is 7.27. The number of halogens is 2. The SMILES string of the molecule is CC(c1ccc(Cl)cc1)n1cnc(-c2ccccc2)c1-c1c(C(=O)NCCN2CCC(N3CCCOC3=O)CC2)[nH]c2cc(Cl)ccc12. The van der Waals surface area contributed by atoms with Gasteiger partial charge in [0.1, 0.15) is 5.69 Å². The third-order valence-corrected chi connectivity index (χ3v) is 10.0. The highest BCUT2D eigenvalue weighted by atomic mass is 35.5. The average molecular weight is 686 g/mol. The number of hydrogen-bond donors (Lipinski definition) is 2. The average Bonchev–Trinajstić information content (AvgIpc) is 3.71. The van der Waals surface area contributed by atoms with Crippen molar-refractivity contribution >= 4 is 46.1 Å². The highest BCUT2D eigenvalue weighted by Gasteiger charge is 2.31. The number of nitrogens with zero attached hydrogens (tertiary/aromatic N) is 4. The molecule has 0 aliphatic carbocycles. The first kappa shape index (κ1) is 32.2. The van der Waals surface area contributed by atoms with Crippen molar-refractivity contribution in [3.05, 3.63) is 100 Å². The number of carbonyl (C=O) groups is 2. The number of carbonyl (C=O) groups excluding carboxylic acids is 2. The van der Waals surface area contributed by atoms with Crippen molar-refractivity contribution in [3.63, 3.8) is 0 Å². The minimum atomic E-state index is -0.200. The zero-order valence-electron chi connectivity index (χ0n) is 26.8. The Morgan fingerprint density at radius 1 is 1.02 bits per heavy atom. The molecule has 3 aromatic carbocycles. The van der Waals surface area contributed by atoms with E-state index in [1.54, 1.807) is 0 Å². The number of piperidine rings is 1. The quantitative estimate of drug-likeness (QED) is 0.166. The Balaban J connectivity index is 1.18. The molecule has 1 unspecified atom stereocenters. The topological polar surface area (TPSA) is 95.5 Å². The van der Waals surface area contributed by atoms with Crippen molar-refractivity contribution in [2.24, 2.45) is 0 Å². The highest BCUT2D eigenvalue weighted by molar-refractivity contribution is 6.31. The van der Waals surface area contributed by atoms with E-state index < -0.39 is 0 Å². The van der Waals surface area contributed by atoms with Crippen LogP contribution < -0.4 is 5.32 Å². The second-order valence-electron chi connectivity index (χ2n) is 12.5. The van der Waals surface area contributed by atoms with Crippen LogP contribution in [-0.2, 0) is 4.74 Å². The molecule has 5 aromatic rings. The number of cyclic esters (lactones) is 1. The molecule has 2 N–H and O–H groups in total. The van der Waals surface area contributed by atoms with Gasteiger partial charge in [0.15, 0.2) is 0 Å². The summed E-state index contributed by atoms with van der Waals surface area (Å²) in [6, 6.07) is 23.6. The molecule has 9 nitrogen and oxygen atoms in total. The molecule has 2 saturated heterocycles. The van der Waals surface area contributed by atoms with Gasteiger partial charge in [0.25, 0.3) is 5.91 Å². The molecule has 2 aliphatic rings. The van der Waals surface area contributed by atoms with Crippen LogP contribution >= 0.6 is 23.2 Å². The van der Waals surface area contributed by atoms with Crippen LogP contribution in [0.5, 0.6) is 0 Å². The predicted octanol–water partition coefficient (Wildman–Crippen LogP) is 7.65. The molecular weight excluding hydrogens is 647 g/mol. The molecule has 4 heterocycles. The number of aromatic nitrogens is 3. The standard InChI is InChI=1S/C37H38Cl2N6O3/c1-24(25-8-10-27(38)11-9-25)45-23-41-33(26-6-3-2-4-7-26)35(45)32-30-13-12-28(39)22-31(30)42-34(32)36(46)40-16-20-43-18-14-29(15-19-43)44-17-5-21-48-37(44)47/h2-4,6-13,22-24,29,42H,5,14-21H2,1H3,(H,40,46). The van der Waals surface area contributed by atoms with Crippen molar-refractivity contribution in [3.8, 4) is 22.5 Å². The maximum absolute atomic E-state index is 14.1. The number of rotatable bonds is 9. The summed E-state index contributed by atoms with van der Waals surface area (Å²) in [5.41, 5.74) is 5.62. The van der Waals surface area contributed by atoms with Gasteiger partial charge in [-0.05, 0) is 56.0 Å². The van der Waals surface area contributed by atoms with E-state index in [2.05, 4.69) is 26.7 Å². The van der Waals surface area contributed by atoms with Gasteiger partial charge >= 0.3 is 6.09 Å². The van der Waals surface area contributed by atoms with E-state index in [-0.39, 0.29) is 24.1 Å². The lowest BCUT2D eigenvalue weighted by molar-refractivity contribution is 0.0377. The van der Waals surface area contributed by atoms with Gasteiger partial charge in [-0.25, -0.2) is 9.78 Å². The number of nitrogens with one attached hydrogen (secondary N) is 2. The van der Waals surface area contributed by atoms with Crippen LogP contribution in [0.25, 0.3) is 33.4 Å². The number of amides is 2. The number of likely N-dealkylation sites (tertiary alicyclic amines) is 1. The maximum atomic E-state index is 14.1. The minimum Gasteiger partial charge on any atom is -0.449 e. The largest absolute Gasteiger partial charge is 0.449 e. The zero-order valence-corrected chi connectivity index (χ0v) is 28.3. The first-order valence-electron chi connectivity index (χ1n) is 16.5. The lowest BCUT2D eigenvalue weighted by atomic mass is 9.99. The van der Waals surface area contributed by atoms with Crippen LogP contribution in [0.4, 0.5) is 4.79 Å². The molecule has 48 heavy (non-hydrogen) atoms. The Morgan fingerprint density at radius 2 is 1.77 bits per heavy atom. The third kappa shape index (κ3) is 6.55. The van der Waals surface area contributed by atoms with Crippen LogP contribution in [0.2, 0.25) is 10.0 Å². The Bertz CT molecular complexity index is 1910.